The molecule has 0 radical (unpaired) electrons. The first-order valence-corrected chi connectivity index (χ1v) is 12.0. The number of aromatic nitrogens is 2. The minimum absolute atomic E-state index is 0.00379. The van der Waals surface area contributed by atoms with E-state index in [2.05, 4.69) is 11.1 Å². The summed E-state index contributed by atoms with van der Waals surface area (Å²) in [6, 6.07) is 12.8. The highest BCUT2D eigenvalue weighted by molar-refractivity contribution is 6.35. The molecule has 1 aromatic heterocycles. The monoisotopic (exact) mass is 505 g/mol. The number of ether oxygens (including phenoxy) is 1. The van der Waals surface area contributed by atoms with E-state index in [0.717, 1.165) is 5.69 Å². The maximum absolute atomic E-state index is 13.3. The van der Waals surface area contributed by atoms with Crippen LogP contribution in [0.3, 0.4) is 0 Å². The van der Waals surface area contributed by atoms with Crippen molar-refractivity contribution in [1.29, 1.82) is 5.26 Å². The number of fused-ring (bicyclic) bond motifs is 1. The number of carbonyl (C=O) groups excluding carboxylic acids is 2. The number of hydrogen-bond acceptors (Lipinski definition) is 6. The molecule has 0 bridgehead atoms. The van der Waals surface area contributed by atoms with Crippen LogP contribution in [-0.4, -0.2) is 38.5 Å². The van der Waals surface area contributed by atoms with Crippen LogP contribution in [0.25, 0.3) is 11.1 Å². The van der Waals surface area contributed by atoms with E-state index in [0.29, 0.717) is 57.4 Å². The average Bonchev–Trinajstić information content (AvgIpc) is 3.15. The molecule has 0 atom stereocenters. The molecule has 3 aromatic rings. The Hall–Kier alpha value is -3.83. The van der Waals surface area contributed by atoms with Crippen molar-refractivity contribution in [3.63, 3.8) is 0 Å². The summed E-state index contributed by atoms with van der Waals surface area (Å²) in [5, 5.41) is 10.3. The van der Waals surface area contributed by atoms with Gasteiger partial charge in [-0.1, -0.05) is 41.9 Å². The summed E-state index contributed by atoms with van der Waals surface area (Å²) in [5.74, 6) is 0.0744. The van der Waals surface area contributed by atoms with Crippen molar-refractivity contribution in [3.05, 3.63) is 69.8 Å². The van der Waals surface area contributed by atoms with Crippen LogP contribution < -0.4 is 5.73 Å². The lowest BCUT2D eigenvalue weighted by Crippen LogP contribution is -2.40. The first-order chi connectivity index (χ1) is 17.0. The summed E-state index contributed by atoms with van der Waals surface area (Å²) >= 11 is 6.41. The van der Waals surface area contributed by atoms with Gasteiger partial charge in [0.15, 0.2) is 5.82 Å². The van der Waals surface area contributed by atoms with Crippen molar-refractivity contribution in [2.45, 2.75) is 45.8 Å². The highest BCUT2D eigenvalue weighted by atomic mass is 35.5. The number of carbonyl (C=O) groups is 2. The number of ketones is 1. The van der Waals surface area contributed by atoms with Crippen LogP contribution in [0.1, 0.15) is 53.9 Å². The van der Waals surface area contributed by atoms with Crippen LogP contribution in [0.15, 0.2) is 36.4 Å². The summed E-state index contributed by atoms with van der Waals surface area (Å²) in [4.78, 5) is 32.0. The van der Waals surface area contributed by atoms with E-state index in [1.807, 2.05) is 20.8 Å². The second kappa shape index (κ2) is 9.67. The molecule has 1 amide bonds. The first-order valence-electron chi connectivity index (χ1n) is 11.6. The molecule has 0 aliphatic carbocycles. The third-order valence-electron chi connectivity index (χ3n) is 6.09. The third-order valence-corrected chi connectivity index (χ3v) is 6.51. The van der Waals surface area contributed by atoms with Crippen LogP contribution >= 0.6 is 11.6 Å². The molecule has 4 rings (SSSR count). The minimum atomic E-state index is -0.592. The lowest BCUT2D eigenvalue weighted by molar-refractivity contribution is 0.0220. The quantitative estimate of drug-likeness (QED) is 0.398. The molecule has 8 nitrogen and oxygen atoms in total. The van der Waals surface area contributed by atoms with Crippen molar-refractivity contribution in [1.82, 2.24) is 14.5 Å². The van der Waals surface area contributed by atoms with Gasteiger partial charge in [0.05, 0.1) is 28.5 Å². The fraction of sp³-hybridized carbons (Fsp3) is 0.333. The largest absolute Gasteiger partial charge is 0.444 e. The second-order valence-corrected chi connectivity index (χ2v) is 10.2. The molecular formula is C27H28ClN5O3. The molecule has 0 saturated heterocycles. The molecule has 0 spiro atoms. The Morgan fingerprint density at radius 1 is 1.19 bits per heavy atom. The van der Waals surface area contributed by atoms with Crippen molar-refractivity contribution in [2.24, 2.45) is 7.05 Å². The fourth-order valence-electron chi connectivity index (χ4n) is 4.37. The maximum Gasteiger partial charge on any atom is 0.410 e. The highest BCUT2D eigenvalue weighted by Gasteiger charge is 2.30. The summed E-state index contributed by atoms with van der Waals surface area (Å²) in [7, 11) is 1.80. The Labute approximate surface area is 215 Å². The normalized spacial score (nSPS) is 13.2. The average molecular weight is 506 g/mol. The summed E-state index contributed by atoms with van der Waals surface area (Å²) in [5.41, 5.74) is 9.57. The molecule has 36 heavy (non-hydrogen) atoms. The van der Waals surface area contributed by atoms with E-state index < -0.39 is 11.7 Å². The van der Waals surface area contributed by atoms with Crippen LogP contribution in [0, 0.1) is 11.3 Å². The van der Waals surface area contributed by atoms with Gasteiger partial charge in [-0.25, -0.2) is 9.78 Å². The maximum atomic E-state index is 13.3. The number of nitrogens with two attached hydrogens (primary N) is 1. The van der Waals surface area contributed by atoms with Gasteiger partial charge in [0, 0.05) is 43.3 Å². The zero-order valence-electron chi connectivity index (χ0n) is 20.8. The Balaban J connectivity index is 1.60. The predicted molar refractivity (Wildman–Crippen MR) is 138 cm³/mol. The van der Waals surface area contributed by atoms with Crippen molar-refractivity contribution >= 4 is 29.2 Å². The zero-order valence-corrected chi connectivity index (χ0v) is 21.5. The van der Waals surface area contributed by atoms with E-state index in [1.54, 1.807) is 52.9 Å². The molecular weight excluding hydrogens is 478 g/mol. The molecule has 2 aromatic carbocycles. The van der Waals surface area contributed by atoms with E-state index in [-0.39, 0.29) is 18.7 Å². The van der Waals surface area contributed by atoms with E-state index in [4.69, 9.17) is 22.1 Å². The molecule has 0 saturated carbocycles. The predicted octanol–water partition coefficient (Wildman–Crippen LogP) is 4.91. The lowest BCUT2D eigenvalue weighted by atomic mass is 9.93. The Morgan fingerprint density at radius 3 is 2.58 bits per heavy atom. The zero-order chi connectivity index (χ0) is 26.2. The van der Waals surface area contributed by atoms with E-state index in [1.165, 1.54) is 0 Å². The van der Waals surface area contributed by atoms with Gasteiger partial charge in [-0.2, -0.15) is 5.26 Å². The first kappa shape index (κ1) is 25.3. The molecule has 9 heteroatoms. The third kappa shape index (κ3) is 4.93. The smallest absolute Gasteiger partial charge is 0.410 e. The fourth-order valence-corrected chi connectivity index (χ4v) is 4.60. The number of anilines is 1. The van der Waals surface area contributed by atoms with Crippen molar-refractivity contribution < 1.29 is 14.3 Å². The molecule has 186 valence electrons. The van der Waals surface area contributed by atoms with E-state index in [9.17, 15) is 14.9 Å². The molecule has 1 aliphatic heterocycles. The van der Waals surface area contributed by atoms with Crippen LogP contribution in [0.4, 0.5) is 10.5 Å². The van der Waals surface area contributed by atoms with Gasteiger partial charge in [0.2, 0.25) is 5.78 Å². The number of amides is 1. The number of nitriles is 1. The number of Topliss-reactive ketones (excluding diaryl/α,β-unsaturated/α-hetero) is 1. The number of nitrogens with zero attached hydrogens (tertiary/aromatic N) is 4. The topological polar surface area (TPSA) is 114 Å². The highest BCUT2D eigenvalue weighted by Crippen LogP contribution is 2.35. The lowest BCUT2D eigenvalue weighted by Gasteiger charge is -2.29. The number of hydrogen-bond donors (Lipinski definition) is 1. The number of imidazole rings is 1. The Morgan fingerprint density at radius 2 is 1.89 bits per heavy atom. The van der Waals surface area contributed by atoms with Crippen molar-refractivity contribution in [3.8, 4) is 17.2 Å². The summed E-state index contributed by atoms with van der Waals surface area (Å²) in [6.07, 6.45) is 0.163. The molecule has 2 heterocycles. The molecule has 0 unspecified atom stereocenters. The van der Waals surface area contributed by atoms with Gasteiger partial charge >= 0.3 is 6.09 Å². The van der Waals surface area contributed by atoms with Gasteiger partial charge in [-0.3, -0.25) is 4.79 Å². The van der Waals surface area contributed by atoms with Crippen LogP contribution in [0.5, 0.6) is 0 Å². The summed E-state index contributed by atoms with van der Waals surface area (Å²) < 4.78 is 7.27. The van der Waals surface area contributed by atoms with Gasteiger partial charge in [-0.15, -0.1) is 0 Å². The van der Waals surface area contributed by atoms with Crippen LogP contribution in [-0.2, 0) is 31.2 Å². The van der Waals surface area contributed by atoms with Gasteiger partial charge in [0.25, 0.3) is 0 Å². The second-order valence-electron chi connectivity index (χ2n) is 9.80. The molecule has 2 N–H and O–H groups in total. The Bertz CT molecular complexity index is 1400. The molecule has 1 aliphatic rings. The van der Waals surface area contributed by atoms with Crippen molar-refractivity contribution in [2.75, 3.05) is 12.3 Å². The number of halogens is 1. The van der Waals surface area contributed by atoms with Gasteiger partial charge in [-0.05, 0) is 32.4 Å². The number of benzene rings is 2. The summed E-state index contributed by atoms with van der Waals surface area (Å²) in [6.45, 7) is 6.23. The minimum Gasteiger partial charge on any atom is -0.444 e. The number of nitrogen functional groups attached to an aromatic ring is 1. The van der Waals surface area contributed by atoms with E-state index >= 15 is 0 Å². The van der Waals surface area contributed by atoms with Crippen LogP contribution in [0.2, 0.25) is 5.02 Å². The van der Waals surface area contributed by atoms with Gasteiger partial charge < -0.3 is 19.9 Å². The molecule has 0 fully saturated rings. The number of rotatable bonds is 4. The Kier molecular flexibility index (Phi) is 6.79. The standard InChI is InChI=1S/C27H28ClN5O3/c1-27(2,3)36-26(35)33-12-11-22-21(15-33)31-25(32(22)4)23(34)13-16-7-5-8-17(19(16)14-29)18-9-6-10-20(30)24(18)28/h5-10H,11-13,15,30H2,1-4H3. The SMILES string of the molecule is Cn1c(C(=O)Cc2cccc(-c3cccc(N)c3Cl)c2C#N)nc2c1CCN(C(=O)OC(C)(C)C)C2. The van der Waals surface area contributed by atoms with Gasteiger partial charge in [0.1, 0.15) is 11.7 Å².